The van der Waals surface area contributed by atoms with Gasteiger partial charge >= 0.3 is 0 Å². The summed E-state index contributed by atoms with van der Waals surface area (Å²) < 4.78 is 68.6. The Hall–Kier alpha value is -0.510. The average molecular weight is 228 g/mol. The van der Waals surface area contributed by atoms with E-state index in [1.54, 1.807) is 0 Å². The van der Waals surface area contributed by atoms with E-state index < -0.39 is 36.7 Å². The lowest BCUT2D eigenvalue weighted by Gasteiger charge is -2.08. The highest BCUT2D eigenvalue weighted by atomic mass is 79.9. The van der Waals surface area contributed by atoms with E-state index in [-0.39, 0.29) is 4.47 Å². The second-order valence-corrected chi connectivity index (χ2v) is 2.52. The molecule has 0 aliphatic heterocycles. The number of hydrogen-bond acceptors (Lipinski definition) is 1. The summed E-state index contributed by atoms with van der Waals surface area (Å²) >= 11 is 2.69. The Kier molecular flexibility index (Phi) is 0.900. The fourth-order valence-electron chi connectivity index (χ4n) is 0.447. The van der Waals surface area contributed by atoms with Crippen LogP contribution in [0.25, 0.3) is 0 Å². The Balaban J connectivity index is 3.58. The summed E-state index contributed by atoms with van der Waals surface area (Å²) in [7, 11) is 0. The van der Waals surface area contributed by atoms with Crippen LogP contribution in [0.2, 0.25) is 0 Å². The van der Waals surface area contributed by atoms with Crippen molar-refractivity contribution in [1.29, 1.82) is 0 Å². The van der Waals surface area contributed by atoms with Crippen molar-refractivity contribution in [1.82, 2.24) is 4.98 Å². The molecule has 1 nitrogen and oxygen atoms in total. The SMILES string of the molecule is [2H]c1nc([2H])c(C(F)(F)C([2H])([2H])[2H])c([2H])c1Br. The summed E-state index contributed by atoms with van der Waals surface area (Å²) in [5.74, 6) is -4.36. The van der Waals surface area contributed by atoms with Crippen molar-refractivity contribution >= 4 is 15.9 Å². The molecule has 11 heavy (non-hydrogen) atoms. The zero-order chi connectivity index (χ0) is 13.6. The zero-order valence-corrected chi connectivity index (χ0v) is 6.67. The normalized spacial score (nSPS) is 20.6. The smallest absolute Gasteiger partial charge is 0.263 e. The fourth-order valence-corrected chi connectivity index (χ4v) is 0.734. The van der Waals surface area contributed by atoms with E-state index in [1.807, 2.05) is 0 Å². The fraction of sp³-hybridized carbons (Fsp3) is 0.286. The summed E-state index contributed by atoms with van der Waals surface area (Å²) in [5, 5.41) is 0. The molecule has 0 bridgehead atoms. The van der Waals surface area contributed by atoms with E-state index in [0.29, 0.717) is 0 Å². The lowest BCUT2D eigenvalue weighted by molar-refractivity contribution is 0.0170. The Morgan fingerprint density at radius 3 is 3.09 bits per heavy atom. The number of nitrogens with zero attached hydrogens (tertiary/aromatic N) is 1. The van der Waals surface area contributed by atoms with Crippen LogP contribution in [-0.4, -0.2) is 4.98 Å². The highest BCUT2D eigenvalue weighted by Crippen LogP contribution is 2.27. The first kappa shape index (κ1) is 3.47. The summed E-state index contributed by atoms with van der Waals surface area (Å²) in [6, 6.07) is -0.906. The summed E-state index contributed by atoms with van der Waals surface area (Å²) in [5.41, 5.74) is -1.31. The molecule has 0 unspecified atom stereocenters. The van der Waals surface area contributed by atoms with Crippen LogP contribution in [0.5, 0.6) is 0 Å². The maximum absolute atomic E-state index is 13.6. The molecular formula is C7H6BrF2N. The molecule has 0 fully saturated rings. The third-order valence-corrected chi connectivity index (χ3v) is 1.25. The lowest BCUT2D eigenvalue weighted by Crippen LogP contribution is -2.06. The van der Waals surface area contributed by atoms with Crippen LogP contribution >= 0.6 is 15.9 Å². The van der Waals surface area contributed by atoms with E-state index in [2.05, 4.69) is 20.9 Å². The van der Waals surface area contributed by atoms with Gasteiger partial charge < -0.3 is 0 Å². The van der Waals surface area contributed by atoms with Crippen LogP contribution in [0.15, 0.2) is 22.9 Å². The summed E-state index contributed by atoms with van der Waals surface area (Å²) in [4.78, 5) is 3.15. The molecule has 1 aromatic rings. The minimum atomic E-state index is -4.36. The molecule has 4 heteroatoms. The van der Waals surface area contributed by atoms with Gasteiger partial charge in [0.15, 0.2) is 0 Å². The molecule has 0 N–H and O–H groups in total. The van der Waals surface area contributed by atoms with Gasteiger partial charge in [-0.3, -0.25) is 4.98 Å². The monoisotopic (exact) mass is 227 g/mol. The molecule has 0 aliphatic carbocycles. The van der Waals surface area contributed by atoms with Crippen LogP contribution < -0.4 is 0 Å². The van der Waals surface area contributed by atoms with Crippen molar-refractivity contribution < 1.29 is 17.0 Å². The first-order valence-corrected chi connectivity index (χ1v) is 3.31. The minimum Gasteiger partial charge on any atom is -0.263 e. The molecule has 0 amide bonds. The van der Waals surface area contributed by atoms with Gasteiger partial charge in [0, 0.05) is 33.3 Å². The molecule has 0 aliphatic rings. The van der Waals surface area contributed by atoms with Crippen molar-refractivity contribution in [3.63, 3.8) is 0 Å². The molecule has 0 atom stereocenters. The topological polar surface area (TPSA) is 12.9 Å². The standard InChI is InChI=1S/C7H6BrF2N/c1-7(9,10)5-2-6(8)4-11-3-5/h2-4H,1H3/i1D3,2D,3D,4D. The Morgan fingerprint density at radius 1 is 1.73 bits per heavy atom. The van der Waals surface area contributed by atoms with Gasteiger partial charge in [0.1, 0.15) is 0 Å². The third-order valence-electron chi connectivity index (χ3n) is 0.870. The molecule has 1 aromatic heterocycles. The second-order valence-electron chi connectivity index (χ2n) is 1.72. The molecule has 0 saturated carbocycles. The number of hydrogen-bond donors (Lipinski definition) is 0. The van der Waals surface area contributed by atoms with Crippen LogP contribution in [-0.2, 0) is 5.92 Å². The lowest BCUT2D eigenvalue weighted by atomic mass is 10.2. The van der Waals surface area contributed by atoms with Gasteiger partial charge in [0.2, 0.25) is 0 Å². The highest BCUT2D eigenvalue weighted by molar-refractivity contribution is 9.10. The summed E-state index contributed by atoms with van der Waals surface area (Å²) in [6.07, 6.45) is -1.64. The maximum Gasteiger partial charge on any atom is 0.272 e. The number of rotatable bonds is 1. The molecule has 0 aromatic carbocycles. The van der Waals surface area contributed by atoms with Gasteiger partial charge in [0.25, 0.3) is 5.92 Å². The Morgan fingerprint density at radius 2 is 2.45 bits per heavy atom. The van der Waals surface area contributed by atoms with E-state index in [4.69, 9.17) is 8.22 Å². The van der Waals surface area contributed by atoms with Gasteiger partial charge in [-0.2, -0.15) is 0 Å². The van der Waals surface area contributed by atoms with Crippen LogP contribution in [0.3, 0.4) is 0 Å². The predicted molar refractivity (Wildman–Crippen MR) is 41.5 cm³/mol. The number of aromatic nitrogens is 1. The molecule has 60 valence electrons. The predicted octanol–water partition coefficient (Wildman–Crippen LogP) is 2.96. The summed E-state index contributed by atoms with van der Waals surface area (Å²) in [6.45, 7) is -3.68. The van der Waals surface area contributed by atoms with E-state index in [9.17, 15) is 8.78 Å². The molecule has 0 radical (unpaired) electrons. The van der Waals surface area contributed by atoms with Crippen molar-refractivity contribution in [2.45, 2.75) is 12.8 Å². The first-order valence-electron chi connectivity index (χ1n) is 5.51. The number of halogens is 3. The third kappa shape index (κ3) is 2.22. The Labute approximate surface area is 80.0 Å². The molecule has 1 rings (SSSR count). The van der Waals surface area contributed by atoms with Gasteiger partial charge in [-0.15, -0.1) is 0 Å². The number of alkyl halides is 2. The highest BCUT2D eigenvalue weighted by Gasteiger charge is 2.24. The maximum atomic E-state index is 13.6. The van der Waals surface area contributed by atoms with E-state index in [1.165, 1.54) is 0 Å². The number of pyridine rings is 1. The van der Waals surface area contributed by atoms with Gasteiger partial charge in [0.05, 0.1) is 4.11 Å². The molecular weight excluding hydrogens is 216 g/mol. The Bertz CT molecular complexity index is 461. The largest absolute Gasteiger partial charge is 0.272 e. The quantitative estimate of drug-likeness (QED) is 0.720. The molecule has 0 saturated heterocycles. The van der Waals surface area contributed by atoms with Crippen molar-refractivity contribution in [3.05, 3.63) is 28.4 Å². The second kappa shape index (κ2) is 2.85. The van der Waals surface area contributed by atoms with Crippen molar-refractivity contribution in [3.8, 4) is 0 Å². The molecule has 1 heterocycles. The zero-order valence-electron chi connectivity index (χ0n) is 11.1. The van der Waals surface area contributed by atoms with Gasteiger partial charge in [-0.05, 0) is 22.0 Å². The van der Waals surface area contributed by atoms with Crippen molar-refractivity contribution in [2.75, 3.05) is 0 Å². The molecule has 0 spiro atoms. The van der Waals surface area contributed by atoms with Gasteiger partial charge in [-0.1, -0.05) is 0 Å². The average Bonchev–Trinajstić information content (AvgIpc) is 2.12. The minimum absolute atomic E-state index is 0.368. The van der Waals surface area contributed by atoms with E-state index >= 15 is 0 Å². The van der Waals surface area contributed by atoms with Crippen LogP contribution in [0.1, 0.15) is 20.6 Å². The van der Waals surface area contributed by atoms with Crippen LogP contribution in [0.4, 0.5) is 8.78 Å². The van der Waals surface area contributed by atoms with Crippen molar-refractivity contribution in [2.24, 2.45) is 0 Å². The first-order chi connectivity index (χ1) is 7.50. The van der Waals surface area contributed by atoms with Crippen LogP contribution in [0, 0.1) is 0 Å². The van der Waals surface area contributed by atoms with E-state index in [0.717, 1.165) is 0 Å². The van der Waals surface area contributed by atoms with Gasteiger partial charge in [-0.25, -0.2) is 8.78 Å².